The number of carbonyl (C=O) groups is 6. The summed E-state index contributed by atoms with van der Waals surface area (Å²) in [6.07, 6.45) is -6.69. The second-order valence-electron chi connectivity index (χ2n) is 12.4. The molecule has 0 bridgehead atoms. The molecule has 0 radical (unpaired) electrons. The summed E-state index contributed by atoms with van der Waals surface area (Å²) >= 11 is 0. The van der Waals surface area contributed by atoms with Gasteiger partial charge < -0.3 is 26.2 Å². The predicted molar refractivity (Wildman–Crippen MR) is 152 cm³/mol. The van der Waals surface area contributed by atoms with Crippen LogP contribution < -0.4 is 26.6 Å². The third-order valence-corrected chi connectivity index (χ3v) is 6.93. The predicted octanol–water partition coefficient (Wildman–Crippen LogP) is 1.63. The van der Waals surface area contributed by atoms with Crippen molar-refractivity contribution in [2.75, 3.05) is 19.6 Å². The Morgan fingerprint density at radius 1 is 0.930 bits per heavy atom. The van der Waals surface area contributed by atoms with Gasteiger partial charge >= 0.3 is 12.2 Å². The Hall–Kier alpha value is -3.23. The molecule has 15 heteroatoms. The fourth-order valence-electron chi connectivity index (χ4n) is 4.54. The van der Waals surface area contributed by atoms with E-state index in [2.05, 4.69) is 21.3 Å². The molecule has 0 aromatic heterocycles. The molecule has 4 unspecified atom stereocenters. The molecular weight excluding hydrogens is 573 g/mol. The van der Waals surface area contributed by atoms with Crippen molar-refractivity contribution in [2.45, 2.75) is 105 Å². The molecule has 43 heavy (non-hydrogen) atoms. The maximum Gasteiger partial charge on any atom is 0.390 e. The number of alkyl halides is 3. The molecule has 5 amide bonds. The molecule has 246 valence electrons. The molecule has 1 aliphatic heterocycles. The van der Waals surface area contributed by atoms with Crippen molar-refractivity contribution in [3.63, 3.8) is 0 Å². The van der Waals surface area contributed by atoms with Gasteiger partial charge in [0, 0.05) is 19.0 Å². The van der Waals surface area contributed by atoms with Crippen molar-refractivity contribution in [2.24, 2.45) is 17.3 Å². The van der Waals surface area contributed by atoms with E-state index in [1.807, 2.05) is 5.32 Å². The number of nitrogens with zero attached hydrogens (tertiary/aromatic N) is 1. The van der Waals surface area contributed by atoms with Crippen LogP contribution in [0.25, 0.3) is 0 Å². The monoisotopic (exact) mass is 620 g/mol. The Bertz CT molecular complexity index is 1030. The first-order valence-corrected chi connectivity index (χ1v) is 14.5. The number of Topliss-reactive ketones (excluding diaryl/α,β-unsaturated/α-hetero) is 2. The number of rotatable bonds is 14. The summed E-state index contributed by atoms with van der Waals surface area (Å²) in [6, 6.07) is -3.60. The van der Waals surface area contributed by atoms with E-state index >= 15 is 0 Å². The van der Waals surface area contributed by atoms with Crippen LogP contribution in [0.3, 0.4) is 0 Å². The van der Waals surface area contributed by atoms with Crippen molar-refractivity contribution in [3.05, 3.63) is 0 Å². The molecule has 0 aromatic rings. The first-order valence-electron chi connectivity index (χ1n) is 14.5. The van der Waals surface area contributed by atoms with Gasteiger partial charge in [-0.15, -0.1) is 0 Å². The van der Waals surface area contributed by atoms with E-state index in [1.165, 1.54) is 4.90 Å². The number of nitrogens with one attached hydrogen (secondary N) is 5. The number of likely N-dealkylation sites (N-methyl/N-ethyl adjacent to an activating group) is 1. The van der Waals surface area contributed by atoms with Gasteiger partial charge in [-0.2, -0.15) is 13.2 Å². The quantitative estimate of drug-likeness (QED) is 0.145. The average molecular weight is 621 g/mol. The van der Waals surface area contributed by atoms with E-state index < -0.39 is 78.4 Å². The summed E-state index contributed by atoms with van der Waals surface area (Å²) in [5.41, 5.74) is -0.801. The molecule has 1 heterocycles. The highest BCUT2D eigenvalue weighted by atomic mass is 19.4. The number of hydrogen-bond acceptors (Lipinski definition) is 7. The van der Waals surface area contributed by atoms with E-state index in [0.717, 1.165) is 0 Å². The lowest BCUT2D eigenvalue weighted by Gasteiger charge is -2.36. The van der Waals surface area contributed by atoms with Gasteiger partial charge in [0.25, 0.3) is 11.7 Å². The lowest BCUT2D eigenvalue weighted by Crippen LogP contribution is -2.62. The van der Waals surface area contributed by atoms with E-state index in [1.54, 1.807) is 55.4 Å². The Balaban J connectivity index is 3.05. The van der Waals surface area contributed by atoms with Crippen LogP contribution in [0.2, 0.25) is 0 Å². The van der Waals surface area contributed by atoms with E-state index in [4.69, 9.17) is 0 Å². The maximum absolute atomic E-state index is 13.8. The molecule has 12 nitrogen and oxygen atoms in total. The molecule has 1 aliphatic rings. The number of urea groups is 1. The molecule has 5 N–H and O–H groups in total. The van der Waals surface area contributed by atoms with Gasteiger partial charge in [0.2, 0.25) is 11.8 Å². The molecule has 0 spiro atoms. The van der Waals surface area contributed by atoms with Gasteiger partial charge in [0.05, 0.1) is 12.5 Å². The minimum absolute atomic E-state index is 0.141. The smallest absolute Gasteiger partial charge is 0.349 e. The van der Waals surface area contributed by atoms with Crippen molar-refractivity contribution in [1.29, 1.82) is 0 Å². The van der Waals surface area contributed by atoms with Crippen LogP contribution in [0, 0.1) is 17.3 Å². The molecular formula is C28H47F3N6O6. The largest absolute Gasteiger partial charge is 0.390 e. The fraction of sp³-hybridized carbons (Fsp3) is 0.786. The standard InChI is InChI=1S/C28H47F3N6O6/c1-9-32-22(20(39)24(41)33-13-12-28(29,30)31)36-23(40)17-11-10-14-37(17)25(42)21(27(6,7)8)35-26(43)34-18(15(2)3)19(38)16(4)5/h15-18,21-22,32H,9-14H2,1-8H3,(H,33,41)(H,36,40)(H2,34,35,43). The maximum atomic E-state index is 13.8. The number of amides is 5. The summed E-state index contributed by atoms with van der Waals surface area (Å²) in [6.45, 7) is 13.4. The number of carbonyl (C=O) groups excluding carboxylic acids is 6. The van der Waals surface area contributed by atoms with Gasteiger partial charge in [-0.05, 0) is 30.7 Å². The van der Waals surface area contributed by atoms with Crippen molar-refractivity contribution in [1.82, 2.24) is 31.5 Å². The molecule has 1 fully saturated rings. The highest BCUT2D eigenvalue weighted by Gasteiger charge is 2.43. The Morgan fingerprint density at radius 3 is 2.02 bits per heavy atom. The summed E-state index contributed by atoms with van der Waals surface area (Å²) in [5, 5.41) is 12.3. The highest BCUT2D eigenvalue weighted by Crippen LogP contribution is 2.26. The van der Waals surface area contributed by atoms with E-state index in [9.17, 15) is 41.9 Å². The zero-order valence-corrected chi connectivity index (χ0v) is 26.2. The number of hydrogen-bond donors (Lipinski definition) is 5. The summed E-state index contributed by atoms with van der Waals surface area (Å²) < 4.78 is 37.2. The van der Waals surface area contributed by atoms with Gasteiger partial charge in [-0.25, -0.2) is 4.79 Å². The lowest BCUT2D eigenvalue weighted by molar-refractivity contribution is -0.145. The van der Waals surface area contributed by atoms with E-state index in [0.29, 0.717) is 6.42 Å². The van der Waals surface area contributed by atoms with Gasteiger partial charge in [0.15, 0.2) is 5.78 Å². The van der Waals surface area contributed by atoms with Crippen molar-refractivity contribution in [3.8, 4) is 0 Å². The normalized spacial score (nSPS) is 17.7. The summed E-state index contributed by atoms with van der Waals surface area (Å²) in [4.78, 5) is 78.7. The van der Waals surface area contributed by atoms with Crippen LogP contribution in [-0.4, -0.2) is 90.3 Å². The highest BCUT2D eigenvalue weighted by molar-refractivity contribution is 6.38. The van der Waals surface area contributed by atoms with Gasteiger partial charge in [0.1, 0.15) is 18.2 Å². The fourth-order valence-corrected chi connectivity index (χ4v) is 4.54. The molecule has 0 saturated carbocycles. The Kier molecular flexibility index (Phi) is 14.1. The molecule has 1 saturated heterocycles. The van der Waals surface area contributed by atoms with E-state index in [-0.39, 0.29) is 37.1 Å². The lowest BCUT2D eigenvalue weighted by atomic mass is 9.85. The SMILES string of the molecule is CCNC(NC(=O)C1CCCN1C(=O)C(NC(=O)NC(C(=O)C(C)C)C(C)C)C(C)(C)C)C(=O)C(=O)NCCC(F)(F)F. The first-order chi connectivity index (χ1) is 19.7. The zero-order chi connectivity index (χ0) is 33.3. The molecule has 0 aliphatic carbocycles. The van der Waals surface area contributed by atoms with Gasteiger partial charge in [-0.3, -0.25) is 29.3 Å². The minimum Gasteiger partial charge on any atom is -0.349 e. The number of likely N-dealkylation sites (tertiary alicyclic amines) is 1. The van der Waals surface area contributed by atoms with Crippen LogP contribution in [0.4, 0.5) is 18.0 Å². The minimum atomic E-state index is -4.52. The van der Waals surface area contributed by atoms with Crippen molar-refractivity contribution < 1.29 is 41.9 Å². The van der Waals surface area contributed by atoms with Gasteiger partial charge in [-0.1, -0.05) is 55.4 Å². The molecule has 4 atom stereocenters. The van der Waals surface area contributed by atoms with Crippen LogP contribution >= 0.6 is 0 Å². The topological polar surface area (TPSA) is 166 Å². The van der Waals surface area contributed by atoms with Crippen LogP contribution in [0.15, 0.2) is 0 Å². The Morgan fingerprint density at radius 2 is 1.53 bits per heavy atom. The third kappa shape index (κ3) is 11.8. The Labute approximate surface area is 251 Å². The van der Waals surface area contributed by atoms with Crippen molar-refractivity contribution >= 4 is 35.3 Å². The second-order valence-corrected chi connectivity index (χ2v) is 12.4. The zero-order valence-electron chi connectivity index (χ0n) is 26.2. The third-order valence-electron chi connectivity index (χ3n) is 6.93. The summed E-state index contributed by atoms with van der Waals surface area (Å²) in [5.74, 6) is -4.45. The second kappa shape index (κ2) is 16.0. The number of ketones is 2. The van der Waals surface area contributed by atoms with Crippen LogP contribution in [0.5, 0.6) is 0 Å². The molecule has 0 aromatic carbocycles. The van der Waals surface area contributed by atoms with Crippen LogP contribution in [0.1, 0.15) is 74.7 Å². The number of halogens is 3. The first kappa shape index (κ1) is 37.8. The molecule has 1 rings (SSSR count). The van der Waals surface area contributed by atoms with Crippen LogP contribution in [-0.2, 0) is 24.0 Å². The average Bonchev–Trinajstić information content (AvgIpc) is 3.37. The summed E-state index contributed by atoms with van der Waals surface area (Å²) in [7, 11) is 0.